The number of benzene rings is 2. The number of fused-ring (bicyclic) bond motifs is 1. The fraction of sp³-hybridized carbons (Fsp3) is 0.308. The third-order valence-electron chi connectivity index (χ3n) is 5.57. The van der Waals surface area contributed by atoms with Gasteiger partial charge in [0.1, 0.15) is 12.4 Å². The molecule has 32 heavy (non-hydrogen) atoms. The van der Waals surface area contributed by atoms with Gasteiger partial charge in [0.25, 0.3) is 5.91 Å². The second-order valence-corrected chi connectivity index (χ2v) is 8.41. The van der Waals surface area contributed by atoms with E-state index in [-0.39, 0.29) is 17.7 Å². The van der Waals surface area contributed by atoms with Crippen LogP contribution in [0.25, 0.3) is 0 Å². The normalized spacial score (nSPS) is 13.3. The molecule has 0 spiro atoms. The molecule has 0 unspecified atom stereocenters. The van der Waals surface area contributed by atoms with Crippen LogP contribution in [-0.4, -0.2) is 29.9 Å². The molecule has 2 amide bonds. The lowest BCUT2D eigenvalue weighted by Gasteiger charge is -2.25. The first-order valence-corrected chi connectivity index (χ1v) is 10.9. The van der Waals surface area contributed by atoms with Crippen LogP contribution in [0.2, 0.25) is 0 Å². The predicted molar refractivity (Wildman–Crippen MR) is 123 cm³/mol. The number of aryl methyl sites for hydroxylation is 1. The Morgan fingerprint density at radius 3 is 2.56 bits per heavy atom. The second-order valence-electron chi connectivity index (χ2n) is 8.41. The summed E-state index contributed by atoms with van der Waals surface area (Å²) in [5.74, 6) is 0.864. The first-order chi connectivity index (χ1) is 15.4. The molecule has 2 heterocycles. The fourth-order valence-corrected chi connectivity index (χ4v) is 3.79. The van der Waals surface area contributed by atoms with Crippen molar-refractivity contribution in [2.45, 2.75) is 33.9 Å². The zero-order valence-electron chi connectivity index (χ0n) is 18.7. The van der Waals surface area contributed by atoms with Crippen molar-refractivity contribution in [1.82, 2.24) is 4.90 Å². The van der Waals surface area contributed by atoms with Crippen molar-refractivity contribution in [3.63, 3.8) is 0 Å². The lowest BCUT2D eigenvalue weighted by Crippen LogP contribution is -2.34. The van der Waals surface area contributed by atoms with Crippen molar-refractivity contribution >= 4 is 17.5 Å². The van der Waals surface area contributed by atoms with Gasteiger partial charge in [-0.3, -0.25) is 9.59 Å². The summed E-state index contributed by atoms with van der Waals surface area (Å²) < 4.78 is 11.2. The van der Waals surface area contributed by atoms with Gasteiger partial charge in [-0.2, -0.15) is 0 Å². The van der Waals surface area contributed by atoms with Gasteiger partial charge in [0.2, 0.25) is 5.91 Å². The van der Waals surface area contributed by atoms with Gasteiger partial charge >= 0.3 is 0 Å². The summed E-state index contributed by atoms with van der Waals surface area (Å²) in [6, 6.07) is 17.3. The second kappa shape index (κ2) is 9.30. The van der Waals surface area contributed by atoms with Crippen molar-refractivity contribution in [3.8, 4) is 5.75 Å². The molecular formula is C26H28N2O4. The summed E-state index contributed by atoms with van der Waals surface area (Å²) in [5, 5.41) is 0. The molecule has 166 valence electrons. The van der Waals surface area contributed by atoms with Crippen LogP contribution in [0.5, 0.6) is 5.75 Å². The third kappa shape index (κ3) is 4.69. The summed E-state index contributed by atoms with van der Waals surface area (Å²) in [7, 11) is 0. The van der Waals surface area contributed by atoms with Crippen LogP contribution in [0, 0.1) is 12.8 Å². The third-order valence-corrected chi connectivity index (χ3v) is 5.57. The van der Waals surface area contributed by atoms with Crippen LogP contribution in [-0.2, 0) is 17.9 Å². The van der Waals surface area contributed by atoms with Crippen LogP contribution >= 0.6 is 0 Å². The molecule has 0 radical (unpaired) electrons. The molecule has 1 aliphatic rings. The molecular weight excluding hydrogens is 404 g/mol. The molecule has 6 heteroatoms. The molecule has 1 aromatic heterocycles. The van der Waals surface area contributed by atoms with E-state index in [0.717, 1.165) is 28.1 Å². The van der Waals surface area contributed by atoms with Crippen LogP contribution in [0.4, 0.5) is 5.69 Å². The fourth-order valence-electron chi connectivity index (χ4n) is 3.79. The largest absolute Gasteiger partial charge is 0.491 e. The summed E-state index contributed by atoms with van der Waals surface area (Å²) >= 11 is 0. The Hall–Kier alpha value is -3.54. The number of amides is 2. The van der Waals surface area contributed by atoms with Gasteiger partial charge in [-0.05, 0) is 48.9 Å². The van der Waals surface area contributed by atoms with E-state index in [9.17, 15) is 9.59 Å². The Morgan fingerprint density at radius 2 is 1.88 bits per heavy atom. The number of rotatable bonds is 5. The minimum Gasteiger partial charge on any atom is -0.491 e. The van der Waals surface area contributed by atoms with Crippen molar-refractivity contribution in [2.75, 3.05) is 18.1 Å². The number of nitrogens with zero attached hydrogens (tertiary/aromatic N) is 2. The van der Waals surface area contributed by atoms with Gasteiger partial charge in [-0.1, -0.05) is 37.6 Å². The van der Waals surface area contributed by atoms with Crippen LogP contribution in [0.1, 0.15) is 41.1 Å². The Balaban J connectivity index is 1.60. The summed E-state index contributed by atoms with van der Waals surface area (Å²) in [6.45, 7) is 7.61. The highest BCUT2D eigenvalue weighted by atomic mass is 16.5. The maximum atomic E-state index is 13.0. The molecule has 0 bridgehead atoms. The average Bonchev–Trinajstić information content (AvgIpc) is 3.24. The smallest absolute Gasteiger partial charge is 0.289 e. The standard InChI is InChI=1S/C26H28N2O4/c1-18(2)25(29)28(22-9-6-19(3)7-10-22)16-20-8-11-23-21(15-20)17-27(12-14-32-23)26(30)24-5-4-13-31-24/h4-11,13,15,18H,12,14,16-17H2,1-3H3. The molecule has 3 aromatic rings. The molecule has 0 aliphatic carbocycles. The van der Waals surface area contributed by atoms with E-state index < -0.39 is 0 Å². The Kier molecular flexibility index (Phi) is 6.30. The van der Waals surface area contributed by atoms with Crippen LogP contribution < -0.4 is 9.64 Å². The Bertz CT molecular complexity index is 1090. The van der Waals surface area contributed by atoms with E-state index >= 15 is 0 Å². The predicted octanol–water partition coefficient (Wildman–Crippen LogP) is 4.81. The molecule has 6 nitrogen and oxygen atoms in total. The lowest BCUT2D eigenvalue weighted by molar-refractivity contribution is -0.121. The van der Waals surface area contributed by atoms with E-state index in [4.69, 9.17) is 9.15 Å². The number of hydrogen-bond donors (Lipinski definition) is 0. The van der Waals surface area contributed by atoms with Crippen molar-refractivity contribution in [3.05, 3.63) is 83.3 Å². The number of hydrogen-bond acceptors (Lipinski definition) is 4. The van der Waals surface area contributed by atoms with Gasteiger partial charge in [-0.15, -0.1) is 0 Å². The molecule has 0 saturated carbocycles. The van der Waals surface area contributed by atoms with E-state index in [1.54, 1.807) is 17.0 Å². The molecule has 2 aromatic carbocycles. The van der Waals surface area contributed by atoms with Crippen molar-refractivity contribution in [2.24, 2.45) is 5.92 Å². The van der Waals surface area contributed by atoms with Crippen LogP contribution in [0.15, 0.2) is 65.3 Å². The van der Waals surface area contributed by atoms with E-state index in [1.165, 1.54) is 6.26 Å². The van der Waals surface area contributed by atoms with Gasteiger partial charge in [0.05, 0.1) is 19.4 Å². The molecule has 0 atom stereocenters. The highest BCUT2D eigenvalue weighted by Crippen LogP contribution is 2.27. The first kappa shape index (κ1) is 21.7. The van der Waals surface area contributed by atoms with Gasteiger partial charge < -0.3 is 19.0 Å². The maximum Gasteiger partial charge on any atom is 0.289 e. The Morgan fingerprint density at radius 1 is 1.09 bits per heavy atom. The monoisotopic (exact) mass is 432 g/mol. The summed E-state index contributed by atoms with van der Waals surface area (Å²) in [4.78, 5) is 29.3. The quantitative estimate of drug-likeness (QED) is 0.580. The minimum absolute atomic E-state index is 0.0645. The van der Waals surface area contributed by atoms with E-state index in [2.05, 4.69) is 0 Å². The summed E-state index contributed by atoms with van der Waals surface area (Å²) in [5.41, 5.74) is 3.92. The summed E-state index contributed by atoms with van der Waals surface area (Å²) in [6.07, 6.45) is 1.50. The van der Waals surface area contributed by atoms with E-state index in [0.29, 0.717) is 32.0 Å². The van der Waals surface area contributed by atoms with Crippen molar-refractivity contribution in [1.29, 1.82) is 0 Å². The van der Waals surface area contributed by atoms with Crippen LogP contribution in [0.3, 0.4) is 0 Å². The van der Waals surface area contributed by atoms with E-state index in [1.807, 2.05) is 68.1 Å². The zero-order valence-corrected chi connectivity index (χ0v) is 18.7. The van der Waals surface area contributed by atoms with Crippen molar-refractivity contribution < 1.29 is 18.7 Å². The number of furan rings is 1. The molecule has 4 rings (SSSR count). The minimum atomic E-state index is -0.159. The maximum absolute atomic E-state index is 13.0. The SMILES string of the molecule is Cc1ccc(N(Cc2ccc3c(c2)CN(C(=O)c2ccco2)CCO3)C(=O)C(C)C)cc1. The number of ether oxygens (including phenoxy) is 1. The lowest BCUT2D eigenvalue weighted by atomic mass is 10.1. The van der Waals surface area contributed by atoms with Gasteiger partial charge in [-0.25, -0.2) is 0 Å². The highest BCUT2D eigenvalue weighted by Gasteiger charge is 2.24. The van der Waals surface area contributed by atoms with Gasteiger partial charge in [0, 0.05) is 23.7 Å². The zero-order chi connectivity index (χ0) is 22.7. The topological polar surface area (TPSA) is 63.0 Å². The number of carbonyl (C=O) groups is 2. The molecule has 1 aliphatic heterocycles. The molecule has 0 fully saturated rings. The highest BCUT2D eigenvalue weighted by molar-refractivity contribution is 5.94. The molecule has 0 saturated heterocycles. The number of carbonyl (C=O) groups excluding carboxylic acids is 2. The first-order valence-electron chi connectivity index (χ1n) is 10.9. The van der Waals surface area contributed by atoms with Gasteiger partial charge in [0.15, 0.2) is 5.76 Å². The number of anilines is 1. The Labute approximate surface area is 188 Å². The molecule has 0 N–H and O–H groups in total. The average molecular weight is 433 g/mol.